The van der Waals surface area contributed by atoms with Gasteiger partial charge >= 0.3 is 5.97 Å². The highest BCUT2D eigenvalue weighted by Gasteiger charge is 2.26. The van der Waals surface area contributed by atoms with Crippen LogP contribution in [-0.2, 0) is 4.79 Å². The maximum absolute atomic E-state index is 11.0. The Labute approximate surface area is 143 Å². The number of rotatable bonds is 5. The third-order valence-electron chi connectivity index (χ3n) is 5.08. The van der Waals surface area contributed by atoms with E-state index < -0.39 is 5.97 Å². The van der Waals surface area contributed by atoms with Gasteiger partial charge in [0.05, 0.1) is 5.92 Å². The van der Waals surface area contributed by atoms with Gasteiger partial charge in [-0.2, -0.15) is 0 Å². The fraction of sp³-hybridized carbons (Fsp3) is 0.381. The number of aliphatic carboxylic acids is 1. The van der Waals surface area contributed by atoms with Gasteiger partial charge in [0, 0.05) is 12.1 Å². The first-order valence-corrected chi connectivity index (χ1v) is 8.77. The molecule has 0 aromatic heterocycles. The SMILES string of the molecule is CC(NC1CCC(C(=O)O)CC1)c1ccc(-c2ccccc2)cc1. The summed E-state index contributed by atoms with van der Waals surface area (Å²) in [6, 6.07) is 19.8. The Kier molecular flexibility index (Phi) is 5.31. The molecule has 1 aliphatic carbocycles. The van der Waals surface area contributed by atoms with Gasteiger partial charge in [-0.3, -0.25) is 4.79 Å². The van der Waals surface area contributed by atoms with Gasteiger partial charge in [0.25, 0.3) is 0 Å². The first-order valence-electron chi connectivity index (χ1n) is 8.77. The third kappa shape index (κ3) is 4.04. The van der Waals surface area contributed by atoms with E-state index >= 15 is 0 Å². The quantitative estimate of drug-likeness (QED) is 0.842. The molecule has 3 rings (SSSR count). The van der Waals surface area contributed by atoms with Gasteiger partial charge in [-0.05, 0) is 49.3 Å². The highest BCUT2D eigenvalue weighted by atomic mass is 16.4. The van der Waals surface area contributed by atoms with E-state index in [-0.39, 0.29) is 12.0 Å². The second-order valence-corrected chi connectivity index (χ2v) is 6.76. The molecule has 2 aromatic rings. The molecular weight excluding hydrogens is 298 g/mol. The molecule has 1 atom stereocenters. The Hall–Kier alpha value is -2.13. The molecule has 2 aromatic carbocycles. The fourth-order valence-corrected chi connectivity index (χ4v) is 3.55. The zero-order chi connectivity index (χ0) is 16.9. The van der Waals surface area contributed by atoms with Gasteiger partial charge in [-0.1, -0.05) is 54.6 Å². The summed E-state index contributed by atoms with van der Waals surface area (Å²) in [6.45, 7) is 2.18. The Morgan fingerprint density at radius 2 is 1.54 bits per heavy atom. The van der Waals surface area contributed by atoms with Gasteiger partial charge in [-0.15, -0.1) is 0 Å². The Bertz CT molecular complexity index is 658. The van der Waals surface area contributed by atoms with Crippen LogP contribution in [0.3, 0.4) is 0 Å². The van der Waals surface area contributed by atoms with E-state index in [1.165, 1.54) is 16.7 Å². The van der Waals surface area contributed by atoms with Crippen LogP contribution in [0.25, 0.3) is 11.1 Å². The number of carboxylic acid groups (broad SMARTS) is 1. The van der Waals surface area contributed by atoms with Crippen molar-refractivity contribution in [2.24, 2.45) is 5.92 Å². The molecule has 0 spiro atoms. The summed E-state index contributed by atoms with van der Waals surface area (Å²) >= 11 is 0. The monoisotopic (exact) mass is 323 g/mol. The lowest BCUT2D eigenvalue weighted by Gasteiger charge is -2.29. The lowest BCUT2D eigenvalue weighted by molar-refractivity contribution is -0.142. The standard InChI is InChI=1S/C21H25NO2/c1-15(22-20-13-11-19(12-14-20)21(23)24)16-7-9-18(10-8-16)17-5-3-2-4-6-17/h2-10,15,19-20,22H,11-14H2,1H3,(H,23,24). The van der Waals surface area contributed by atoms with Gasteiger partial charge in [0.2, 0.25) is 0 Å². The predicted molar refractivity (Wildman–Crippen MR) is 96.8 cm³/mol. The summed E-state index contributed by atoms with van der Waals surface area (Å²) in [7, 11) is 0. The van der Waals surface area contributed by atoms with Crippen LogP contribution >= 0.6 is 0 Å². The minimum absolute atomic E-state index is 0.150. The molecule has 0 heterocycles. The second-order valence-electron chi connectivity index (χ2n) is 6.76. The van der Waals surface area contributed by atoms with Crippen LogP contribution in [0.15, 0.2) is 54.6 Å². The average Bonchev–Trinajstić information content (AvgIpc) is 2.63. The smallest absolute Gasteiger partial charge is 0.306 e. The summed E-state index contributed by atoms with van der Waals surface area (Å²) in [6.07, 6.45) is 3.46. The zero-order valence-electron chi connectivity index (χ0n) is 14.1. The van der Waals surface area contributed by atoms with Crippen molar-refractivity contribution < 1.29 is 9.90 Å². The molecule has 0 amide bonds. The number of benzene rings is 2. The summed E-state index contributed by atoms with van der Waals surface area (Å²) in [5, 5.41) is 12.7. The first-order chi connectivity index (χ1) is 11.6. The van der Waals surface area contributed by atoms with E-state index in [2.05, 4.69) is 60.8 Å². The van der Waals surface area contributed by atoms with Crippen molar-refractivity contribution in [3.63, 3.8) is 0 Å². The normalized spacial score (nSPS) is 22.0. The van der Waals surface area contributed by atoms with Crippen LogP contribution in [0.5, 0.6) is 0 Å². The van der Waals surface area contributed by atoms with E-state index in [1.54, 1.807) is 0 Å². The fourth-order valence-electron chi connectivity index (χ4n) is 3.55. The minimum Gasteiger partial charge on any atom is -0.481 e. The lowest BCUT2D eigenvalue weighted by atomic mass is 9.85. The zero-order valence-corrected chi connectivity index (χ0v) is 14.1. The molecule has 0 bridgehead atoms. The van der Waals surface area contributed by atoms with Crippen molar-refractivity contribution in [3.05, 3.63) is 60.2 Å². The van der Waals surface area contributed by atoms with Crippen LogP contribution in [0.4, 0.5) is 0 Å². The minimum atomic E-state index is -0.641. The summed E-state index contributed by atoms with van der Waals surface area (Å²) in [4.78, 5) is 11.0. The van der Waals surface area contributed by atoms with Crippen LogP contribution in [-0.4, -0.2) is 17.1 Å². The number of carboxylic acids is 1. The Morgan fingerprint density at radius 3 is 2.12 bits per heavy atom. The maximum atomic E-state index is 11.0. The third-order valence-corrected chi connectivity index (χ3v) is 5.08. The number of hydrogen-bond acceptors (Lipinski definition) is 2. The largest absolute Gasteiger partial charge is 0.481 e. The van der Waals surface area contributed by atoms with Crippen molar-refractivity contribution in [1.29, 1.82) is 0 Å². The van der Waals surface area contributed by atoms with Crippen molar-refractivity contribution in [1.82, 2.24) is 5.32 Å². The second kappa shape index (κ2) is 7.63. The molecule has 3 heteroatoms. The summed E-state index contributed by atoms with van der Waals surface area (Å²) < 4.78 is 0. The molecule has 126 valence electrons. The van der Waals surface area contributed by atoms with Crippen molar-refractivity contribution in [2.75, 3.05) is 0 Å². The van der Waals surface area contributed by atoms with Crippen LogP contribution in [0.2, 0.25) is 0 Å². The molecule has 24 heavy (non-hydrogen) atoms. The van der Waals surface area contributed by atoms with E-state index in [4.69, 9.17) is 5.11 Å². The highest BCUT2D eigenvalue weighted by Crippen LogP contribution is 2.27. The van der Waals surface area contributed by atoms with E-state index in [0.29, 0.717) is 6.04 Å². The highest BCUT2D eigenvalue weighted by molar-refractivity contribution is 5.70. The van der Waals surface area contributed by atoms with Gasteiger partial charge in [0.1, 0.15) is 0 Å². The number of hydrogen-bond donors (Lipinski definition) is 2. The lowest BCUT2D eigenvalue weighted by Crippen LogP contribution is -2.36. The number of nitrogens with one attached hydrogen (secondary N) is 1. The summed E-state index contributed by atoms with van der Waals surface area (Å²) in [5.74, 6) is -0.790. The van der Waals surface area contributed by atoms with Gasteiger partial charge in [-0.25, -0.2) is 0 Å². The Morgan fingerprint density at radius 1 is 0.958 bits per heavy atom. The number of carbonyl (C=O) groups is 1. The molecule has 0 aliphatic heterocycles. The van der Waals surface area contributed by atoms with Crippen molar-refractivity contribution >= 4 is 5.97 Å². The van der Waals surface area contributed by atoms with E-state index in [0.717, 1.165) is 25.7 Å². The van der Waals surface area contributed by atoms with Crippen LogP contribution in [0.1, 0.15) is 44.2 Å². The summed E-state index contributed by atoms with van der Waals surface area (Å²) in [5.41, 5.74) is 3.74. The van der Waals surface area contributed by atoms with Crippen LogP contribution < -0.4 is 5.32 Å². The molecule has 3 nitrogen and oxygen atoms in total. The molecule has 1 fully saturated rings. The average molecular weight is 323 g/mol. The molecule has 2 N–H and O–H groups in total. The molecule has 1 saturated carbocycles. The molecule has 1 aliphatic rings. The predicted octanol–water partition coefficient (Wildman–Crippen LogP) is 4.65. The van der Waals surface area contributed by atoms with Crippen molar-refractivity contribution in [2.45, 2.75) is 44.7 Å². The van der Waals surface area contributed by atoms with Crippen LogP contribution in [0, 0.1) is 5.92 Å². The van der Waals surface area contributed by atoms with Gasteiger partial charge in [0.15, 0.2) is 0 Å². The maximum Gasteiger partial charge on any atom is 0.306 e. The van der Waals surface area contributed by atoms with E-state index in [9.17, 15) is 4.79 Å². The van der Waals surface area contributed by atoms with Crippen molar-refractivity contribution in [3.8, 4) is 11.1 Å². The molecule has 0 radical (unpaired) electrons. The van der Waals surface area contributed by atoms with Gasteiger partial charge < -0.3 is 10.4 Å². The Balaban J connectivity index is 1.58. The molecule has 1 unspecified atom stereocenters. The molecule has 0 saturated heterocycles. The topological polar surface area (TPSA) is 49.3 Å². The van der Waals surface area contributed by atoms with E-state index in [1.807, 2.05) is 6.07 Å². The molecular formula is C21H25NO2. The first kappa shape index (κ1) is 16.7.